The molecular formula is C24H34CsF3N2O4. The third kappa shape index (κ3) is 12.8. The molecule has 6 nitrogen and oxygen atoms in total. The Labute approximate surface area is 259 Å². The van der Waals surface area contributed by atoms with Gasteiger partial charge < -0.3 is 26.9 Å². The summed E-state index contributed by atoms with van der Waals surface area (Å²) in [4.78, 5) is 17.5. The van der Waals surface area contributed by atoms with E-state index in [-0.39, 0.29) is 101 Å². The summed E-state index contributed by atoms with van der Waals surface area (Å²) in [6.07, 6.45) is -1.30. The van der Waals surface area contributed by atoms with Crippen molar-refractivity contribution in [3.63, 3.8) is 0 Å². The van der Waals surface area contributed by atoms with Crippen LogP contribution in [0.3, 0.4) is 0 Å². The van der Waals surface area contributed by atoms with Gasteiger partial charge in [-0.2, -0.15) is 13.2 Å². The molecule has 0 saturated carbocycles. The zero-order valence-electron chi connectivity index (χ0n) is 21.0. The maximum atomic E-state index is 12.6. The fraction of sp³-hybridized carbons (Fsp3) is 0.458. The largest absolute Gasteiger partial charge is 1.00 e. The van der Waals surface area contributed by atoms with Crippen LogP contribution in [0, 0.1) is 7.43 Å². The number of halogens is 3. The molecule has 34 heavy (non-hydrogen) atoms. The Balaban J connectivity index is 0. The molecule has 0 radical (unpaired) electrons. The van der Waals surface area contributed by atoms with Crippen molar-refractivity contribution in [1.29, 1.82) is 0 Å². The van der Waals surface area contributed by atoms with Crippen molar-refractivity contribution in [3.8, 4) is 11.5 Å². The van der Waals surface area contributed by atoms with E-state index in [1.54, 1.807) is 12.3 Å². The van der Waals surface area contributed by atoms with Gasteiger partial charge >= 0.3 is 75.1 Å². The van der Waals surface area contributed by atoms with E-state index in [1.807, 2.05) is 13.8 Å². The van der Waals surface area contributed by atoms with Crippen molar-refractivity contribution in [3.05, 3.63) is 61.3 Å². The van der Waals surface area contributed by atoms with E-state index < -0.39 is 23.8 Å². The minimum absolute atomic E-state index is 0. The van der Waals surface area contributed by atoms with Crippen LogP contribution in [0.4, 0.5) is 13.2 Å². The molecule has 0 aliphatic heterocycles. The molecule has 0 aliphatic rings. The zero-order valence-corrected chi connectivity index (χ0v) is 27.3. The summed E-state index contributed by atoms with van der Waals surface area (Å²) in [6.45, 7) is 7.54. The van der Waals surface area contributed by atoms with Crippen LogP contribution in [0.1, 0.15) is 51.3 Å². The van der Waals surface area contributed by atoms with Crippen molar-refractivity contribution < 1.29 is 101 Å². The first kappa shape index (κ1) is 35.4. The Bertz CT molecular complexity index is 834. The van der Waals surface area contributed by atoms with Crippen LogP contribution in [0.25, 0.3) is 0 Å². The topological polar surface area (TPSA) is 71.9 Å². The van der Waals surface area contributed by atoms with Gasteiger partial charge in [0.05, 0.1) is 18.2 Å². The zero-order chi connectivity index (χ0) is 24.3. The van der Waals surface area contributed by atoms with E-state index in [0.717, 1.165) is 24.3 Å². The average molecular weight is 604 g/mol. The summed E-state index contributed by atoms with van der Waals surface area (Å²) in [7, 11) is 1.49. The second-order valence-electron chi connectivity index (χ2n) is 7.39. The third-order valence-corrected chi connectivity index (χ3v) is 3.95. The van der Waals surface area contributed by atoms with Crippen molar-refractivity contribution in [2.75, 3.05) is 20.2 Å². The van der Waals surface area contributed by atoms with E-state index >= 15 is 0 Å². The summed E-state index contributed by atoms with van der Waals surface area (Å²) >= 11 is 0. The maximum Gasteiger partial charge on any atom is 1.00 e. The first-order valence-electron chi connectivity index (χ1n) is 10.3. The molecule has 0 spiro atoms. The van der Waals surface area contributed by atoms with E-state index in [2.05, 4.69) is 18.8 Å². The number of pyridine rings is 1. The van der Waals surface area contributed by atoms with Gasteiger partial charge in [0.1, 0.15) is 17.6 Å². The molecule has 10 heteroatoms. The number of hydrogen-bond donors (Lipinski definition) is 1. The smallest absolute Gasteiger partial charge is 0.491 e. The van der Waals surface area contributed by atoms with Crippen LogP contribution < -0.4 is 78.4 Å². The van der Waals surface area contributed by atoms with Crippen LogP contribution in [-0.4, -0.2) is 47.2 Å². The number of aliphatic hydroxyl groups is 1. The average Bonchev–Trinajstić information content (AvgIpc) is 2.72. The predicted molar refractivity (Wildman–Crippen MR) is 122 cm³/mol. The fourth-order valence-electron chi connectivity index (χ4n) is 2.46. The number of hydrogen-bond acceptors (Lipinski definition) is 5. The summed E-state index contributed by atoms with van der Waals surface area (Å²) < 4.78 is 48.6. The SMILES string of the molecule is CC(C)Oc1ccncc1C(O)CN(C)C(=O)COc1ccc(C(F)(F)F)cc1.CCC.[CH3-].[Cs+]. The van der Waals surface area contributed by atoms with Gasteiger partial charge in [-0.05, 0) is 44.2 Å². The molecule has 1 aromatic carbocycles. The Morgan fingerprint density at radius 1 is 1.15 bits per heavy atom. The van der Waals surface area contributed by atoms with Gasteiger partial charge in [-0.15, -0.1) is 0 Å². The van der Waals surface area contributed by atoms with Crippen LogP contribution in [0.5, 0.6) is 11.5 Å². The second-order valence-corrected chi connectivity index (χ2v) is 7.39. The molecular weight excluding hydrogens is 570 g/mol. The second kappa shape index (κ2) is 17.6. The van der Waals surface area contributed by atoms with Crippen molar-refractivity contribution >= 4 is 5.91 Å². The summed E-state index contributed by atoms with van der Waals surface area (Å²) in [5, 5.41) is 10.5. The van der Waals surface area contributed by atoms with Gasteiger partial charge in [-0.25, -0.2) is 0 Å². The van der Waals surface area contributed by atoms with Crippen LogP contribution in [-0.2, 0) is 11.0 Å². The van der Waals surface area contributed by atoms with Gasteiger partial charge in [0.15, 0.2) is 6.61 Å². The molecule has 2 rings (SSSR count). The van der Waals surface area contributed by atoms with Gasteiger partial charge in [0, 0.05) is 25.0 Å². The number of aromatic nitrogens is 1. The van der Waals surface area contributed by atoms with E-state index in [1.165, 1.54) is 24.6 Å². The molecule has 0 fully saturated rings. The molecule has 2 aromatic rings. The fourth-order valence-corrected chi connectivity index (χ4v) is 2.46. The van der Waals surface area contributed by atoms with Gasteiger partial charge in [0.25, 0.3) is 5.91 Å². The van der Waals surface area contributed by atoms with E-state index in [4.69, 9.17) is 9.47 Å². The van der Waals surface area contributed by atoms with Crippen molar-refractivity contribution in [1.82, 2.24) is 9.88 Å². The monoisotopic (exact) mass is 604 g/mol. The molecule has 1 atom stereocenters. The number of carbonyl (C=O) groups is 1. The van der Waals surface area contributed by atoms with E-state index in [9.17, 15) is 23.1 Å². The quantitative estimate of drug-likeness (QED) is 0.469. The van der Waals surface area contributed by atoms with Crippen LogP contribution >= 0.6 is 0 Å². The Hall–Kier alpha value is -0.758. The first-order valence-corrected chi connectivity index (χ1v) is 10.3. The standard InChI is InChI=1S/C20H23F3N2O4.C3H8.CH3.Cs/c1-13(2)29-18-8-9-24-10-16(18)17(26)11-25(3)19(27)12-28-15-6-4-14(5-7-15)20(21,22)23;1-3-2;;/h4-10,13,17,26H,11-12H2,1-3H3;3H2,1-2H3;1H3;/q;;-1;+1. The molecule has 1 unspecified atom stereocenters. The summed E-state index contributed by atoms with van der Waals surface area (Å²) in [5.41, 5.74) is -0.350. The number of aliphatic hydroxyl groups excluding tert-OH is 1. The minimum atomic E-state index is -4.44. The van der Waals surface area contributed by atoms with Crippen molar-refractivity contribution in [2.45, 2.75) is 52.5 Å². The maximum absolute atomic E-state index is 12.6. The number of benzene rings is 1. The molecule has 0 aliphatic carbocycles. The Kier molecular flexibility index (Phi) is 18.4. The summed E-state index contributed by atoms with van der Waals surface area (Å²) in [5.74, 6) is 0.170. The minimum Gasteiger partial charge on any atom is -0.491 e. The van der Waals surface area contributed by atoms with Crippen molar-refractivity contribution in [2.24, 2.45) is 0 Å². The Morgan fingerprint density at radius 2 is 1.71 bits per heavy atom. The molecule has 0 bridgehead atoms. The van der Waals surface area contributed by atoms with Gasteiger partial charge in [-0.1, -0.05) is 20.3 Å². The molecule has 1 aromatic heterocycles. The van der Waals surface area contributed by atoms with Crippen LogP contribution in [0.15, 0.2) is 42.7 Å². The molecule has 1 heterocycles. The number of ether oxygens (including phenoxy) is 2. The number of likely N-dealkylation sites (N-methyl/N-ethyl adjacent to an activating group) is 1. The third-order valence-electron chi connectivity index (χ3n) is 3.95. The van der Waals surface area contributed by atoms with Gasteiger partial charge in [0.2, 0.25) is 0 Å². The number of amides is 1. The first-order chi connectivity index (χ1) is 15.0. The number of rotatable bonds is 8. The van der Waals surface area contributed by atoms with Gasteiger partial charge in [-0.3, -0.25) is 9.78 Å². The number of alkyl halides is 3. The Morgan fingerprint density at radius 3 is 2.21 bits per heavy atom. The molecule has 1 N–H and O–H groups in total. The molecule has 0 saturated heterocycles. The molecule has 186 valence electrons. The normalized spacial score (nSPS) is 11.2. The summed E-state index contributed by atoms with van der Waals surface area (Å²) in [6, 6.07) is 5.69. The van der Waals surface area contributed by atoms with E-state index in [0.29, 0.717) is 11.3 Å². The number of nitrogens with zero attached hydrogens (tertiary/aromatic N) is 2. The van der Waals surface area contributed by atoms with Crippen LogP contribution in [0.2, 0.25) is 0 Å². The predicted octanol–water partition coefficient (Wildman–Crippen LogP) is 2.33. The number of carbonyl (C=O) groups excluding carboxylic acids is 1. The molecule has 1 amide bonds.